The first-order chi connectivity index (χ1) is 9.11. The molecule has 1 atom stereocenters. The lowest BCUT2D eigenvalue weighted by Gasteiger charge is -2.12. The molecule has 5 nitrogen and oxygen atoms in total. The van der Waals surface area contributed by atoms with Gasteiger partial charge < -0.3 is 20.8 Å². The van der Waals surface area contributed by atoms with E-state index in [2.05, 4.69) is 10.3 Å². The normalized spacial score (nSPS) is 12.5. The Bertz CT molecular complexity index is 577. The van der Waals surface area contributed by atoms with Gasteiger partial charge in [-0.2, -0.15) is 0 Å². The van der Waals surface area contributed by atoms with Crippen LogP contribution in [0.1, 0.15) is 24.3 Å². The number of fused-ring (bicyclic) bond motifs is 1. The van der Waals surface area contributed by atoms with E-state index in [0.29, 0.717) is 24.6 Å². The van der Waals surface area contributed by atoms with E-state index in [1.165, 1.54) is 0 Å². The van der Waals surface area contributed by atoms with E-state index in [-0.39, 0.29) is 11.9 Å². The van der Waals surface area contributed by atoms with Crippen molar-refractivity contribution < 1.29 is 9.53 Å². The molecule has 0 saturated heterocycles. The molecule has 0 aliphatic rings. The second kappa shape index (κ2) is 5.75. The lowest BCUT2D eigenvalue weighted by atomic mass is 10.2. The molecule has 2 aromatic rings. The van der Waals surface area contributed by atoms with Crippen molar-refractivity contribution in [2.45, 2.75) is 19.9 Å². The molecule has 1 heterocycles. The van der Waals surface area contributed by atoms with Gasteiger partial charge in [0.1, 0.15) is 5.69 Å². The molecule has 1 aromatic carbocycles. The number of benzene rings is 1. The molecule has 0 saturated carbocycles. The molecular weight excluding hydrogens is 242 g/mol. The number of amides is 1. The lowest BCUT2D eigenvalue weighted by molar-refractivity contribution is 0.0868. The molecule has 0 fully saturated rings. The van der Waals surface area contributed by atoms with Gasteiger partial charge in [0.15, 0.2) is 0 Å². The number of aromatic amines is 1. The molecule has 2 rings (SSSR count). The van der Waals surface area contributed by atoms with Crippen LogP contribution in [0.2, 0.25) is 0 Å². The molecule has 0 aliphatic carbocycles. The van der Waals surface area contributed by atoms with Gasteiger partial charge in [-0.15, -0.1) is 0 Å². The van der Waals surface area contributed by atoms with Crippen molar-refractivity contribution in [2.75, 3.05) is 18.9 Å². The van der Waals surface area contributed by atoms with Crippen molar-refractivity contribution in [3.63, 3.8) is 0 Å². The molecule has 0 spiro atoms. The predicted molar refractivity (Wildman–Crippen MR) is 76.1 cm³/mol. The summed E-state index contributed by atoms with van der Waals surface area (Å²) in [5.41, 5.74) is 7.80. The van der Waals surface area contributed by atoms with Crippen LogP contribution in [-0.2, 0) is 4.74 Å². The maximum absolute atomic E-state index is 12.1. The summed E-state index contributed by atoms with van der Waals surface area (Å²) in [4.78, 5) is 15.1. The third kappa shape index (κ3) is 3.06. The van der Waals surface area contributed by atoms with Crippen LogP contribution in [0.25, 0.3) is 10.9 Å². The van der Waals surface area contributed by atoms with Gasteiger partial charge in [-0.25, -0.2) is 0 Å². The zero-order valence-corrected chi connectivity index (χ0v) is 11.2. The number of anilines is 1. The first-order valence-corrected chi connectivity index (χ1v) is 6.37. The number of para-hydroxylation sites is 1. The Hall–Kier alpha value is -2.01. The van der Waals surface area contributed by atoms with E-state index in [1.807, 2.05) is 26.0 Å². The monoisotopic (exact) mass is 261 g/mol. The van der Waals surface area contributed by atoms with Gasteiger partial charge >= 0.3 is 0 Å². The number of carbonyl (C=O) groups is 1. The summed E-state index contributed by atoms with van der Waals surface area (Å²) < 4.78 is 5.27. The van der Waals surface area contributed by atoms with Gasteiger partial charge in [0, 0.05) is 18.0 Å². The zero-order chi connectivity index (χ0) is 13.8. The highest BCUT2D eigenvalue weighted by atomic mass is 16.5. The van der Waals surface area contributed by atoms with Gasteiger partial charge in [-0.3, -0.25) is 4.79 Å². The molecule has 4 N–H and O–H groups in total. The highest BCUT2D eigenvalue weighted by Gasteiger charge is 2.13. The van der Waals surface area contributed by atoms with Crippen LogP contribution in [-0.4, -0.2) is 30.1 Å². The smallest absolute Gasteiger partial charge is 0.268 e. The maximum atomic E-state index is 12.1. The fourth-order valence-corrected chi connectivity index (χ4v) is 1.94. The standard InChI is InChI=1S/C14H19N3O2/c1-3-19-8-9(2)16-14(18)12-7-10-5-4-6-11(15)13(10)17-12/h4-7,9,17H,3,8,15H2,1-2H3,(H,16,18). The number of rotatable bonds is 5. The first-order valence-electron chi connectivity index (χ1n) is 6.37. The van der Waals surface area contributed by atoms with Crippen molar-refractivity contribution in [1.82, 2.24) is 10.3 Å². The Morgan fingerprint density at radius 3 is 3.00 bits per heavy atom. The van der Waals surface area contributed by atoms with E-state index < -0.39 is 0 Å². The minimum Gasteiger partial charge on any atom is -0.397 e. The number of H-pyrrole nitrogens is 1. The van der Waals surface area contributed by atoms with Crippen molar-refractivity contribution in [3.8, 4) is 0 Å². The minimum absolute atomic E-state index is 0.0313. The zero-order valence-electron chi connectivity index (χ0n) is 11.2. The van der Waals surface area contributed by atoms with Crippen LogP contribution in [0.15, 0.2) is 24.3 Å². The third-order valence-corrected chi connectivity index (χ3v) is 2.88. The maximum Gasteiger partial charge on any atom is 0.268 e. The summed E-state index contributed by atoms with van der Waals surface area (Å²) in [7, 11) is 0. The molecule has 0 bridgehead atoms. The van der Waals surface area contributed by atoms with Gasteiger partial charge in [-0.05, 0) is 26.0 Å². The number of nitrogen functional groups attached to an aromatic ring is 1. The topological polar surface area (TPSA) is 80.1 Å². The molecule has 5 heteroatoms. The Labute approximate surface area is 112 Å². The number of hydrogen-bond donors (Lipinski definition) is 3. The summed E-state index contributed by atoms with van der Waals surface area (Å²) in [6, 6.07) is 7.36. The van der Waals surface area contributed by atoms with Crippen LogP contribution in [0.5, 0.6) is 0 Å². The van der Waals surface area contributed by atoms with E-state index in [4.69, 9.17) is 10.5 Å². The van der Waals surface area contributed by atoms with Crippen LogP contribution in [0.4, 0.5) is 5.69 Å². The fraction of sp³-hybridized carbons (Fsp3) is 0.357. The summed E-state index contributed by atoms with van der Waals surface area (Å²) >= 11 is 0. The Morgan fingerprint density at radius 2 is 2.32 bits per heavy atom. The second-order valence-electron chi connectivity index (χ2n) is 4.53. The Balaban J connectivity index is 2.11. The number of carbonyl (C=O) groups excluding carboxylic acids is 1. The predicted octanol–water partition coefficient (Wildman–Crippen LogP) is 1.90. The van der Waals surface area contributed by atoms with Gasteiger partial charge in [-0.1, -0.05) is 12.1 Å². The molecule has 1 unspecified atom stereocenters. The van der Waals surface area contributed by atoms with Crippen LogP contribution >= 0.6 is 0 Å². The lowest BCUT2D eigenvalue weighted by Crippen LogP contribution is -2.36. The van der Waals surface area contributed by atoms with Gasteiger partial charge in [0.05, 0.1) is 17.8 Å². The average Bonchev–Trinajstić information content (AvgIpc) is 2.82. The fourth-order valence-electron chi connectivity index (χ4n) is 1.94. The quantitative estimate of drug-likeness (QED) is 0.719. The van der Waals surface area contributed by atoms with E-state index >= 15 is 0 Å². The molecule has 19 heavy (non-hydrogen) atoms. The highest BCUT2D eigenvalue weighted by Crippen LogP contribution is 2.20. The number of nitrogens with two attached hydrogens (primary N) is 1. The number of nitrogens with one attached hydrogen (secondary N) is 2. The average molecular weight is 261 g/mol. The SMILES string of the molecule is CCOCC(C)NC(=O)c1cc2cccc(N)c2[nH]1. The molecule has 0 aliphatic heterocycles. The van der Waals surface area contributed by atoms with Gasteiger partial charge in [0.25, 0.3) is 5.91 Å². The van der Waals surface area contributed by atoms with Crippen molar-refractivity contribution >= 4 is 22.5 Å². The van der Waals surface area contributed by atoms with Gasteiger partial charge in [0.2, 0.25) is 0 Å². The largest absolute Gasteiger partial charge is 0.397 e. The van der Waals surface area contributed by atoms with Crippen molar-refractivity contribution in [3.05, 3.63) is 30.0 Å². The molecule has 1 aromatic heterocycles. The Kier molecular flexibility index (Phi) is 4.06. The van der Waals surface area contributed by atoms with E-state index in [0.717, 1.165) is 10.9 Å². The van der Waals surface area contributed by atoms with Crippen LogP contribution in [0, 0.1) is 0 Å². The second-order valence-corrected chi connectivity index (χ2v) is 4.53. The molecule has 102 valence electrons. The Morgan fingerprint density at radius 1 is 1.53 bits per heavy atom. The summed E-state index contributed by atoms with van der Waals surface area (Å²) in [5, 5.41) is 3.81. The van der Waals surface area contributed by atoms with E-state index in [9.17, 15) is 4.79 Å². The number of ether oxygens (including phenoxy) is 1. The summed E-state index contributed by atoms with van der Waals surface area (Å²) in [5.74, 6) is -0.150. The third-order valence-electron chi connectivity index (χ3n) is 2.88. The minimum atomic E-state index is -0.150. The number of aromatic nitrogens is 1. The molecule has 1 amide bonds. The molecular formula is C14H19N3O2. The summed E-state index contributed by atoms with van der Waals surface area (Å²) in [6.07, 6.45) is 0. The van der Waals surface area contributed by atoms with Crippen LogP contribution < -0.4 is 11.1 Å². The van der Waals surface area contributed by atoms with Crippen molar-refractivity contribution in [2.24, 2.45) is 0 Å². The first kappa shape index (κ1) is 13.4. The number of hydrogen-bond acceptors (Lipinski definition) is 3. The van der Waals surface area contributed by atoms with Crippen LogP contribution in [0.3, 0.4) is 0 Å². The van der Waals surface area contributed by atoms with E-state index in [1.54, 1.807) is 12.1 Å². The molecule has 0 radical (unpaired) electrons. The summed E-state index contributed by atoms with van der Waals surface area (Å²) in [6.45, 7) is 4.98. The van der Waals surface area contributed by atoms with Crippen molar-refractivity contribution in [1.29, 1.82) is 0 Å². The highest BCUT2D eigenvalue weighted by molar-refractivity contribution is 6.00.